The van der Waals surface area contributed by atoms with Gasteiger partial charge in [-0.25, -0.2) is 22.0 Å². The van der Waals surface area contributed by atoms with Crippen LogP contribution in [-0.2, 0) is 11.8 Å². The Morgan fingerprint density at radius 2 is 1.79 bits per heavy atom. The van der Waals surface area contributed by atoms with Gasteiger partial charge in [0.05, 0.1) is 5.69 Å². The molecule has 4 rings (SSSR count). The molecule has 0 radical (unpaired) electrons. The molecule has 0 saturated heterocycles. The van der Waals surface area contributed by atoms with E-state index >= 15 is 0 Å². The summed E-state index contributed by atoms with van der Waals surface area (Å²) in [4.78, 5) is 12.3. The molecule has 2 aromatic rings. The summed E-state index contributed by atoms with van der Waals surface area (Å²) in [5, 5.41) is 6.85. The predicted molar refractivity (Wildman–Crippen MR) is 91.4 cm³/mol. The minimum Gasteiger partial charge on any atom is -0.309 e. The second kappa shape index (κ2) is 6.56. The zero-order chi connectivity index (χ0) is 20.2. The minimum atomic E-state index is -2.82. The van der Waals surface area contributed by atoms with Gasteiger partial charge < -0.3 is 5.32 Å². The van der Waals surface area contributed by atoms with E-state index in [0.29, 0.717) is 11.3 Å². The Morgan fingerprint density at radius 1 is 1.18 bits per heavy atom. The highest BCUT2D eigenvalue weighted by atomic mass is 19.3. The molecule has 9 heteroatoms. The third-order valence-corrected chi connectivity index (χ3v) is 5.56. The van der Waals surface area contributed by atoms with Crippen LogP contribution in [0.5, 0.6) is 0 Å². The first kappa shape index (κ1) is 18.9. The minimum absolute atomic E-state index is 0.0120. The van der Waals surface area contributed by atoms with Crippen molar-refractivity contribution in [3.05, 3.63) is 35.1 Å². The lowest BCUT2D eigenvalue weighted by atomic mass is 9.78. The number of aryl methyl sites for hydroxylation is 1. The summed E-state index contributed by atoms with van der Waals surface area (Å²) in [7, 11) is 1.55. The molecule has 0 spiro atoms. The van der Waals surface area contributed by atoms with Gasteiger partial charge >= 0.3 is 0 Å². The Labute approximate surface area is 157 Å². The van der Waals surface area contributed by atoms with Crippen molar-refractivity contribution < 1.29 is 26.7 Å². The number of anilines is 1. The number of benzene rings is 1. The lowest BCUT2D eigenvalue weighted by Crippen LogP contribution is -2.42. The number of hydrogen-bond acceptors (Lipinski definition) is 2. The lowest BCUT2D eigenvalue weighted by molar-refractivity contribution is -0.145. The molecule has 0 aliphatic heterocycles. The summed E-state index contributed by atoms with van der Waals surface area (Å²) in [6.45, 7) is 0. The second-order valence-corrected chi connectivity index (χ2v) is 7.57. The van der Waals surface area contributed by atoms with Gasteiger partial charge in [0.1, 0.15) is 0 Å². The van der Waals surface area contributed by atoms with Gasteiger partial charge in [-0.15, -0.1) is 0 Å². The Kier molecular flexibility index (Phi) is 4.43. The van der Waals surface area contributed by atoms with Crippen molar-refractivity contribution in [2.24, 2.45) is 13.0 Å². The molecule has 4 nitrogen and oxygen atoms in total. The molecule has 0 unspecified atom stereocenters. The highest BCUT2D eigenvalue weighted by Crippen LogP contribution is 2.46. The molecule has 2 fully saturated rings. The normalized spacial score (nSPS) is 19.2. The van der Waals surface area contributed by atoms with Crippen LogP contribution in [0.1, 0.15) is 43.6 Å². The van der Waals surface area contributed by atoms with Crippen LogP contribution < -0.4 is 5.32 Å². The van der Waals surface area contributed by atoms with Gasteiger partial charge in [-0.2, -0.15) is 5.10 Å². The summed E-state index contributed by atoms with van der Waals surface area (Å²) in [6.07, 6.45) is 1.54. The predicted octanol–water partition coefficient (Wildman–Crippen LogP) is 4.76. The van der Waals surface area contributed by atoms with Crippen LogP contribution in [0.3, 0.4) is 0 Å². The number of aromatic nitrogens is 2. The Bertz CT molecular complexity index is 920. The summed E-state index contributed by atoms with van der Waals surface area (Å²) in [5.41, 5.74) is 1.07. The second-order valence-electron chi connectivity index (χ2n) is 7.57. The van der Waals surface area contributed by atoms with Crippen LogP contribution in [0.15, 0.2) is 12.1 Å². The molecular weight excluding hydrogens is 381 g/mol. The van der Waals surface area contributed by atoms with Gasteiger partial charge in [0.2, 0.25) is 11.8 Å². The molecule has 1 amide bonds. The summed E-state index contributed by atoms with van der Waals surface area (Å²) >= 11 is 0. The SMILES string of the molecule is Cn1nc(NC(=O)C2CC(F)(F)C2)c(C2CCC2)c1-c1cc(F)c(F)c(F)c1. The van der Waals surface area contributed by atoms with Gasteiger partial charge in [0.15, 0.2) is 23.3 Å². The van der Waals surface area contributed by atoms with Gasteiger partial charge in [0.25, 0.3) is 0 Å². The van der Waals surface area contributed by atoms with Crippen LogP contribution in [-0.4, -0.2) is 21.6 Å². The van der Waals surface area contributed by atoms with Crippen molar-refractivity contribution in [1.82, 2.24) is 9.78 Å². The van der Waals surface area contributed by atoms with E-state index in [0.717, 1.165) is 31.4 Å². The maximum absolute atomic E-state index is 13.7. The fourth-order valence-corrected chi connectivity index (χ4v) is 3.82. The number of carbonyl (C=O) groups excluding carboxylic acids is 1. The van der Waals surface area contributed by atoms with Crippen molar-refractivity contribution in [2.75, 3.05) is 5.32 Å². The number of rotatable bonds is 4. The third-order valence-electron chi connectivity index (χ3n) is 5.56. The van der Waals surface area contributed by atoms with Crippen LogP contribution in [0.25, 0.3) is 11.3 Å². The van der Waals surface area contributed by atoms with E-state index < -0.39 is 48.0 Å². The van der Waals surface area contributed by atoms with Crippen molar-refractivity contribution in [3.63, 3.8) is 0 Å². The fourth-order valence-electron chi connectivity index (χ4n) is 3.82. The number of halogens is 5. The van der Waals surface area contributed by atoms with Crippen LogP contribution in [0.4, 0.5) is 27.8 Å². The molecular formula is C19H18F5N3O. The maximum atomic E-state index is 13.7. The van der Waals surface area contributed by atoms with E-state index in [1.54, 1.807) is 7.05 Å². The topological polar surface area (TPSA) is 46.9 Å². The molecule has 2 aliphatic rings. The van der Waals surface area contributed by atoms with E-state index in [1.807, 2.05) is 0 Å². The number of nitrogens with zero attached hydrogens (tertiary/aromatic N) is 2. The lowest BCUT2D eigenvalue weighted by Gasteiger charge is -2.33. The molecule has 0 bridgehead atoms. The summed E-state index contributed by atoms with van der Waals surface area (Å²) < 4.78 is 68.3. The Hall–Kier alpha value is -2.45. The van der Waals surface area contributed by atoms with Crippen molar-refractivity contribution in [3.8, 4) is 11.3 Å². The fraction of sp³-hybridized carbons (Fsp3) is 0.474. The molecule has 150 valence electrons. The third kappa shape index (κ3) is 3.16. The number of hydrogen-bond donors (Lipinski definition) is 1. The average Bonchev–Trinajstić information content (AvgIpc) is 2.84. The Morgan fingerprint density at radius 3 is 2.29 bits per heavy atom. The molecule has 1 aromatic carbocycles. The van der Waals surface area contributed by atoms with E-state index in [9.17, 15) is 26.7 Å². The van der Waals surface area contributed by atoms with Gasteiger partial charge in [0, 0.05) is 36.9 Å². The van der Waals surface area contributed by atoms with Crippen molar-refractivity contribution >= 4 is 11.7 Å². The van der Waals surface area contributed by atoms with E-state index in [2.05, 4.69) is 10.4 Å². The van der Waals surface area contributed by atoms with Gasteiger partial charge in [-0.3, -0.25) is 9.48 Å². The van der Waals surface area contributed by atoms with Crippen molar-refractivity contribution in [1.29, 1.82) is 0 Å². The monoisotopic (exact) mass is 399 g/mol. The number of alkyl halides is 2. The highest BCUT2D eigenvalue weighted by Gasteiger charge is 2.49. The van der Waals surface area contributed by atoms with Crippen molar-refractivity contribution in [2.45, 2.75) is 43.9 Å². The largest absolute Gasteiger partial charge is 0.309 e. The summed E-state index contributed by atoms with van der Waals surface area (Å²) in [6, 6.07) is 1.77. The molecule has 1 aromatic heterocycles. The molecule has 1 N–H and O–H groups in total. The summed E-state index contributed by atoms with van der Waals surface area (Å²) in [5.74, 6) is -8.16. The molecule has 2 aliphatic carbocycles. The first-order valence-corrected chi connectivity index (χ1v) is 9.07. The van der Waals surface area contributed by atoms with E-state index in [4.69, 9.17) is 0 Å². The van der Waals surface area contributed by atoms with E-state index in [1.165, 1.54) is 4.68 Å². The van der Waals surface area contributed by atoms with Crippen LogP contribution in [0.2, 0.25) is 0 Å². The number of nitrogens with one attached hydrogen (secondary N) is 1. The van der Waals surface area contributed by atoms with Gasteiger partial charge in [-0.05, 0) is 30.9 Å². The first-order chi connectivity index (χ1) is 13.2. The average molecular weight is 399 g/mol. The number of amides is 1. The zero-order valence-electron chi connectivity index (χ0n) is 15.0. The van der Waals surface area contributed by atoms with Crippen LogP contribution >= 0.6 is 0 Å². The number of carbonyl (C=O) groups is 1. The zero-order valence-corrected chi connectivity index (χ0v) is 15.0. The van der Waals surface area contributed by atoms with Crippen LogP contribution in [0, 0.1) is 23.4 Å². The molecule has 1 heterocycles. The van der Waals surface area contributed by atoms with Gasteiger partial charge in [-0.1, -0.05) is 6.42 Å². The highest BCUT2D eigenvalue weighted by molar-refractivity contribution is 5.94. The maximum Gasteiger partial charge on any atom is 0.249 e. The smallest absolute Gasteiger partial charge is 0.249 e. The molecule has 0 atom stereocenters. The van der Waals surface area contributed by atoms with E-state index in [-0.39, 0.29) is 17.3 Å². The Balaban J connectivity index is 1.71. The molecule has 2 saturated carbocycles. The quantitative estimate of drug-likeness (QED) is 0.596. The standard InChI is InChI=1S/C19H18F5N3O/c1-27-16(10-5-12(20)15(22)13(21)6-10)14(9-3-2-4-9)17(26-27)25-18(28)11-7-19(23,24)8-11/h5-6,9,11H,2-4,7-8H2,1H3,(H,25,26,28). The first-order valence-electron chi connectivity index (χ1n) is 9.07. The molecule has 28 heavy (non-hydrogen) atoms.